The van der Waals surface area contributed by atoms with Crippen molar-refractivity contribution in [1.29, 1.82) is 0 Å². The molecule has 1 amide bonds. The van der Waals surface area contributed by atoms with Crippen LogP contribution in [0.3, 0.4) is 0 Å². The molecule has 0 unspecified atom stereocenters. The molecule has 0 bridgehead atoms. The molecule has 0 saturated carbocycles. The van der Waals surface area contributed by atoms with E-state index in [-0.39, 0.29) is 5.91 Å². The number of oxazole rings is 1. The number of hydrogen-bond acceptors (Lipinski definition) is 4. The van der Waals surface area contributed by atoms with Crippen LogP contribution in [-0.4, -0.2) is 32.4 Å². The van der Waals surface area contributed by atoms with E-state index in [1.54, 1.807) is 30.3 Å². The van der Waals surface area contributed by atoms with E-state index in [4.69, 9.17) is 4.42 Å². The number of pyridine rings is 1. The van der Waals surface area contributed by atoms with Gasteiger partial charge in [0, 0.05) is 37.6 Å². The quantitative estimate of drug-likeness (QED) is 0.566. The first-order chi connectivity index (χ1) is 13.0. The molecule has 0 aliphatic rings. The number of benzene rings is 1. The maximum Gasteiger partial charge on any atom is 0.418 e. The second-order valence-corrected chi connectivity index (χ2v) is 6.41. The first-order valence-corrected chi connectivity index (χ1v) is 8.46. The first kappa shape index (κ1) is 16.8. The summed E-state index contributed by atoms with van der Waals surface area (Å²) >= 11 is 0. The van der Waals surface area contributed by atoms with Crippen molar-refractivity contribution >= 4 is 34.1 Å². The van der Waals surface area contributed by atoms with Crippen LogP contribution in [-0.2, 0) is 18.4 Å². The molecule has 0 aliphatic heterocycles. The fourth-order valence-corrected chi connectivity index (χ4v) is 3.06. The van der Waals surface area contributed by atoms with Gasteiger partial charge in [-0.2, -0.15) is 0 Å². The maximum atomic E-state index is 12.4. The number of hydrogen-bond donors (Lipinski definition) is 1. The number of nitrogens with one attached hydrogen (secondary N) is 1. The molecule has 0 aliphatic carbocycles. The molecule has 3 heterocycles. The van der Waals surface area contributed by atoms with Crippen molar-refractivity contribution in [3.63, 3.8) is 0 Å². The molecule has 1 N–H and O–H groups in total. The highest BCUT2D eigenvalue weighted by Gasteiger charge is 2.11. The Morgan fingerprint density at radius 1 is 1.33 bits per heavy atom. The van der Waals surface area contributed by atoms with Crippen molar-refractivity contribution < 1.29 is 9.21 Å². The zero-order chi connectivity index (χ0) is 19.0. The highest BCUT2D eigenvalue weighted by molar-refractivity contribution is 5.92. The van der Waals surface area contributed by atoms with Crippen molar-refractivity contribution in [2.45, 2.75) is 6.54 Å². The molecule has 27 heavy (non-hydrogen) atoms. The van der Waals surface area contributed by atoms with Gasteiger partial charge in [0.05, 0.1) is 6.54 Å². The molecule has 7 nitrogen and oxygen atoms in total. The molecule has 0 spiro atoms. The van der Waals surface area contributed by atoms with Crippen LogP contribution < -0.4 is 5.76 Å². The van der Waals surface area contributed by atoms with Gasteiger partial charge in [-0.15, -0.1) is 0 Å². The summed E-state index contributed by atoms with van der Waals surface area (Å²) in [5, 5.41) is 1.15. The number of para-hydroxylation sites is 1. The Bertz CT molecular complexity index is 1230. The Hall–Kier alpha value is -3.61. The zero-order valence-electron chi connectivity index (χ0n) is 15.0. The van der Waals surface area contributed by atoms with Gasteiger partial charge in [-0.1, -0.05) is 18.2 Å². The molecule has 7 heteroatoms. The van der Waals surface area contributed by atoms with E-state index in [2.05, 4.69) is 32.7 Å². The van der Waals surface area contributed by atoms with Gasteiger partial charge in [0.25, 0.3) is 0 Å². The smallest absolute Gasteiger partial charge is 0.406 e. The van der Waals surface area contributed by atoms with Crippen LogP contribution >= 0.6 is 0 Å². The largest absolute Gasteiger partial charge is 0.418 e. The Morgan fingerprint density at radius 3 is 2.96 bits per heavy atom. The maximum absolute atomic E-state index is 12.4. The van der Waals surface area contributed by atoms with E-state index >= 15 is 0 Å². The number of aryl methyl sites for hydroxylation is 1. The van der Waals surface area contributed by atoms with Crippen molar-refractivity contribution in [1.82, 2.24) is 19.4 Å². The van der Waals surface area contributed by atoms with Gasteiger partial charge in [0.1, 0.15) is 0 Å². The molecule has 0 radical (unpaired) electrons. The number of amides is 1. The number of likely N-dealkylation sites (N-methyl/N-ethyl adjacent to an activating group) is 1. The third-order valence-corrected chi connectivity index (χ3v) is 4.54. The van der Waals surface area contributed by atoms with Crippen LogP contribution in [0.2, 0.25) is 0 Å². The standard InChI is InChI=1S/C20H18N4O3/c1-23(12-15-10-14-5-3-4-6-16(14)24(15)2)18(25)8-7-13-9-17-19(21-11-13)22-20(26)27-17/h3-11H,12H2,1-2H3,(H,21,22,26). The van der Waals surface area contributed by atoms with Crippen molar-refractivity contribution in [2.75, 3.05) is 7.05 Å². The molecule has 0 fully saturated rings. The highest BCUT2D eigenvalue weighted by Crippen LogP contribution is 2.19. The van der Waals surface area contributed by atoms with Gasteiger partial charge in [-0.05, 0) is 35.2 Å². The minimum atomic E-state index is -0.551. The number of rotatable bonds is 4. The van der Waals surface area contributed by atoms with Gasteiger partial charge in [-0.3, -0.25) is 9.78 Å². The Kier molecular flexibility index (Phi) is 4.12. The second-order valence-electron chi connectivity index (χ2n) is 6.41. The molecule has 4 aromatic rings. The minimum absolute atomic E-state index is 0.129. The van der Waals surface area contributed by atoms with E-state index < -0.39 is 5.76 Å². The van der Waals surface area contributed by atoms with E-state index in [0.29, 0.717) is 23.3 Å². The second kappa shape index (κ2) is 6.60. The summed E-state index contributed by atoms with van der Waals surface area (Å²) in [5.41, 5.74) is 3.61. The van der Waals surface area contributed by atoms with Gasteiger partial charge in [0.15, 0.2) is 11.2 Å². The predicted octanol–water partition coefficient (Wildman–Crippen LogP) is 2.68. The Labute approximate surface area is 154 Å². The topological polar surface area (TPSA) is 84.1 Å². The fourth-order valence-electron chi connectivity index (χ4n) is 3.06. The normalized spacial score (nSPS) is 11.6. The summed E-state index contributed by atoms with van der Waals surface area (Å²) in [6.07, 6.45) is 4.71. The van der Waals surface area contributed by atoms with Crippen molar-refractivity contribution in [3.8, 4) is 0 Å². The van der Waals surface area contributed by atoms with Crippen molar-refractivity contribution in [2.24, 2.45) is 7.05 Å². The molecular weight excluding hydrogens is 344 g/mol. The molecular formula is C20H18N4O3. The van der Waals surface area contributed by atoms with Crippen LogP contribution in [0.5, 0.6) is 0 Å². The average Bonchev–Trinajstić information content (AvgIpc) is 3.18. The third-order valence-electron chi connectivity index (χ3n) is 4.54. The van der Waals surface area contributed by atoms with Crippen LogP contribution in [0.25, 0.3) is 28.2 Å². The lowest BCUT2D eigenvalue weighted by atomic mass is 10.2. The van der Waals surface area contributed by atoms with Crippen LogP contribution in [0.15, 0.2) is 57.9 Å². The summed E-state index contributed by atoms with van der Waals surface area (Å²) in [6, 6.07) is 11.9. The van der Waals surface area contributed by atoms with Gasteiger partial charge < -0.3 is 13.9 Å². The predicted molar refractivity (Wildman–Crippen MR) is 103 cm³/mol. The number of carbonyl (C=O) groups is 1. The molecule has 3 aromatic heterocycles. The Morgan fingerprint density at radius 2 is 2.15 bits per heavy atom. The fraction of sp³-hybridized carbons (Fsp3) is 0.150. The summed E-state index contributed by atoms with van der Waals surface area (Å²) in [5.74, 6) is -0.680. The number of nitrogens with zero attached hydrogens (tertiary/aromatic N) is 3. The molecule has 0 atom stereocenters. The Balaban J connectivity index is 1.50. The average molecular weight is 362 g/mol. The van der Waals surface area contributed by atoms with Crippen LogP contribution in [0, 0.1) is 0 Å². The lowest BCUT2D eigenvalue weighted by molar-refractivity contribution is -0.125. The summed E-state index contributed by atoms with van der Waals surface area (Å²) in [4.78, 5) is 31.8. The number of aromatic nitrogens is 3. The number of carbonyl (C=O) groups excluding carboxylic acids is 1. The molecule has 136 valence electrons. The molecule has 4 rings (SSSR count). The number of aromatic amines is 1. The molecule has 1 aromatic carbocycles. The molecule has 0 saturated heterocycles. The monoisotopic (exact) mass is 362 g/mol. The SMILES string of the molecule is CN(Cc1cc2ccccc2n1C)C(=O)C=Cc1cnc2[nH]c(=O)oc2c1. The van der Waals surface area contributed by atoms with Gasteiger partial charge in [-0.25, -0.2) is 9.78 Å². The van der Waals surface area contributed by atoms with Crippen LogP contribution in [0.1, 0.15) is 11.3 Å². The number of H-pyrrole nitrogens is 1. The van der Waals surface area contributed by atoms with Crippen LogP contribution in [0.4, 0.5) is 0 Å². The highest BCUT2D eigenvalue weighted by atomic mass is 16.4. The summed E-state index contributed by atoms with van der Waals surface area (Å²) in [7, 11) is 3.76. The lowest BCUT2D eigenvalue weighted by Crippen LogP contribution is -2.25. The summed E-state index contributed by atoms with van der Waals surface area (Å²) in [6.45, 7) is 0.498. The zero-order valence-corrected chi connectivity index (χ0v) is 15.0. The number of fused-ring (bicyclic) bond motifs is 2. The van der Waals surface area contributed by atoms with E-state index in [1.807, 2.05) is 19.2 Å². The van der Waals surface area contributed by atoms with E-state index in [0.717, 1.165) is 16.6 Å². The van der Waals surface area contributed by atoms with E-state index in [1.165, 1.54) is 6.08 Å². The van der Waals surface area contributed by atoms with E-state index in [9.17, 15) is 9.59 Å². The first-order valence-electron chi connectivity index (χ1n) is 8.46. The summed E-state index contributed by atoms with van der Waals surface area (Å²) < 4.78 is 7.07. The van der Waals surface area contributed by atoms with Gasteiger partial charge >= 0.3 is 5.76 Å². The minimum Gasteiger partial charge on any atom is -0.406 e. The van der Waals surface area contributed by atoms with Gasteiger partial charge in [0.2, 0.25) is 5.91 Å². The van der Waals surface area contributed by atoms with Crippen molar-refractivity contribution in [3.05, 3.63) is 70.5 Å². The third kappa shape index (κ3) is 3.27. The lowest BCUT2D eigenvalue weighted by Gasteiger charge is -2.15.